The van der Waals surface area contributed by atoms with Crippen molar-refractivity contribution >= 4 is 11.9 Å². The molecule has 0 amide bonds. The van der Waals surface area contributed by atoms with E-state index in [4.69, 9.17) is 14.6 Å². The van der Waals surface area contributed by atoms with Crippen LogP contribution in [0.2, 0.25) is 0 Å². The van der Waals surface area contributed by atoms with Gasteiger partial charge < -0.3 is 14.6 Å². The van der Waals surface area contributed by atoms with Crippen LogP contribution in [0.5, 0.6) is 0 Å². The second-order valence-corrected chi connectivity index (χ2v) is 5.10. The molecule has 0 unspecified atom stereocenters. The van der Waals surface area contributed by atoms with E-state index in [0.29, 0.717) is 13.2 Å². The third-order valence-electron chi connectivity index (χ3n) is 2.89. The molecule has 1 fully saturated rings. The standard InChI is InChI=1S/C11H18O5/c1-10(2,3)11(6-15-7-11)16-9(14)5-4-8(12)13/h4-7H2,1-3H3,(H,12,13). The highest BCUT2D eigenvalue weighted by atomic mass is 16.6. The summed E-state index contributed by atoms with van der Waals surface area (Å²) < 4.78 is 10.5. The van der Waals surface area contributed by atoms with E-state index < -0.39 is 17.5 Å². The van der Waals surface area contributed by atoms with Crippen LogP contribution in [-0.2, 0) is 19.1 Å². The van der Waals surface area contributed by atoms with Gasteiger partial charge in [0, 0.05) is 5.41 Å². The first kappa shape index (κ1) is 13.0. The van der Waals surface area contributed by atoms with E-state index in [1.54, 1.807) is 0 Å². The van der Waals surface area contributed by atoms with Crippen molar-refractivity contribution in [2.24, 2.45) is 5.41 Å². The van der Waals surface area contributed by atoms with Crippen LogP contribution in [0, 0.1) is 5.41 Å². The Bertz CT molecular complexity index is 285. The van der Waals surface area contributed by atoms with E-state index in [0.717, 1.165) is 0 Å². The predicted octanol–water partition coefficient (Wildman–Crippen LogP) is 1.21. The smallest absolute Gasteiger partial charge is 0.307 e. The molecule has 0 bridgehead atoms. The summed E-state index contributed by atoms with van der Waals surface area (Å²) in [4.78, 5) is 21.8. The second-order valence-electron chi connectivity index (χ2n) is 5.10. The fraction of sp³-hybridized carbons (Fsp3) is 0.818. The lowest BCUT2D eigenvalue weighted by molar-refractivity contribution is -0.248. The maximum atomic E-state index is 11.5. The Morgan fingerprint density at radius 1 is 1.31 bits per heavy atom. The molecule has 0 aliphatic carbocycles. The molecule has 1 heterocycles. The van der Waals surface area contributed by atoms with Crippen LogP contribution in [0.4, 0.5) is 0 Å². The molecule has 1 saturated heterocycles. The van der Waals surface area contributed by atoms with E-state index in [1.807, 2.05) is 20.8 Å². The molecule has 0 atom stereocenters. The molecule has 0 saturated carbocycles. The van der Waals surface area contributed by atoms with Gasteiger partial charge in [0.1, 0.15) is 0 Å². The Labute approximate surface area is 94.7 Å². The molecule has 0 aromatic rings. The zero-order valence-electron chi connectivity index (χ0n) is 9.91. The second kappa shape index (κ2) is 4.41. The zero-order valence-corrected chi connectivity index (χ0v) is 9.91. The number of ether oxygens (including phenoxy) is 2. The van der Waals surface area contributed by atoms with Crippen molar-refractivity contribution in [2.45, 2.75) is 39.2 Å². The van der Waals surface area contributed by atoms with E-state index in [-0.39, 0.29) is 18.3 Å². The zero-order chi connectivity index (χ0) is 12.4. The summed E-state index contributed by atoms with van der Waals surface area (Å²) in [5.41, 5.74) is -0.799. The normalized spacial score (nSPS) is 18.7. The molecule has 0 spiro atoms. The van der Waals surface area contributed by atoms with Gasteiger partial charge in [0.25, 0.3) is 0 Å². The van der Waals surface area contributed by atoms with Crippen molar-refractivity contribution in [3.05, 3.63) is 0 Å². The van der Waals surface area contributed by atoms with Gasteiger partial charge in [0.15, 0.2) is 5.60 Å². The Kier molecular flexibility index (Phi) is 3.57. The van der Waals surface area contributed by atoms with Crippen molar-refractivity contribution in [3.8, 4) is 0 Å². The van der Waals surface area contributed by atoms with Gasteiger partial charge in [0.05, 0.1) is 26.1 Å². The molecule has 0 radical (unpaired) electrons. The average molecular weight is 230 g/mol. The number of esters is 1. The topological polar surface area (TPSA) is 72.8 Å². The quantitative estimate of drug-likeness (QED) is 0.735. The molecule has 1 aliphatic rings. The van der Waals surface area contributed by atoms with E-state index in [1.165, 1.54) is 0 Å². The van der Waals surface area contributed by atoms with Crippen LogP contribution in [0.25, 0.3) is 0 Å². The summed E-state index contributed by atoms with van der Waals surface area (Å²) in [5, 5.41) is 8.46. The molecular weight excluding hydrogens is 212 g/mol. The minimum Gasteiger partial charge on any atom is -0.481 e. The minimum absolute atomic E-state index is 0.0901. The van der Waals surface area contributed by atoms with Crippen molar-refractivity contribution in [3.63, 3.8) is 0 Å². The van der Waals surface area contributed by atoms with E-state index in [2.05, 4.69) is 0 Å². The molecule has 5 heteroatoms. The molecule has 16 heavy (non-hydrogen) atoms. The third kappa shape index (κ3) is 2.72. The summed E-state index contributed by atoms with van der Waals surface area (Å²) in [6.45, 7) is 6.69. The molecular formula is C11H18O5. The van der Waals surface area contributed by atoms with Crippen LogP contribution in [0.1, 0.15) is 33.6 Å². The molecule has 5 nitrogen and oxygen atoms in total. The molecule has 92 valence electrons. The number of hydrogen-bond donors (Lipinski definition) is 1. The summed E-state index contributed by atoms with van der Waals surface area (Å²) in [6.07, 6.45) is -0.285. The number of hydrogen-bond acceptors (Lipinski definition) is 4. The number of carboxylic acid groups (broad SMARTS) is 1. The van der Waals surface area contributed by atoms with Gasteiger partial charge in [-0.2, -0.15) is 0 Å². The number of rotatable bonds is 4. The lowest BCUT2D eigenvalue weighted by atomic mass is 9.75. The SMILES string of the molecule is CC(C)(C)C1(OC(=O)CCC(=O)O)COC1. The monoisotopic (exact) mass is 230 g/mol. The van der Waals surface area contributed by atoms with Gasteiger partial charge in [-0.15, -0.1) is 0 Å². The Hall–Kier alpha value is -1.10. The van der Waals surface area contributed by atoms with E-state index >= 15 is 0 Å². The van der Waals surface area contributed by atoms with Gasteiger partial charge in [-0.05, 0) is 0 Å². The van der Waals surface area contributed by atoms with Gasteiger partial charge in [0.2, 0.25) is 0 Å². The van der Waals surface area contributed by atoms with Crippen LogP contribution in [0.15, 0.2) is 0 Å². The first-order valence-electron chi connectivity index (χ1n) is 5.28. The highest BCUT2D eigenvalue weighted by Gasteiger charge is 2.51. The largest absolute Gasteiger partial charge is 0.481 e. The van der Waals surface area contributed by atoms with Crippen molar-refractivity contribution in [1.82, 2.24) is 0 Å². The number of aliphatic carboxylic acids is 1. The van der Waals surface area contributed by atoms with Crippen LogP contribution in [0.3, 0.4) is 0 Å². The Morgan fingerprint density at radius 2 is 1.88 bits per heavy atom. The summed E-state index contributed by atoms with van der Waals surface area (Å²) in [5.74, 6) is -1.47. The number of carbonyl (C=O) groups excluding carboxylic acids is 1. The van der Waals surface area contributed by atoms with Gasteiger partial charge in [-0.3, -0.25) is 9.59 Å². The Balaban J connectivity index is 2.51. The molecule has 1 N–H and O–H groups in total. The molecule has 1 rings (SSSR count). The van der Waals surface area contributed by atoms with E-state index in [9.17, 15) is 9.59 Å². The highest BCUT2D eigenvalue weighted by Crippen LogP contribution is 2.40. The van der Waals surface area contributed by atoms with Crippen molar-refractivity contribution < 1.29 is 24.2 Å². The van der Waals surface area contributed by atoms with Gasteiger partial charge in [-0.1, -0.05) is 20.8 Å². The summed E-state index contributed by atoms with van der Waals surface area (Å²) in [6, 6.07) is 0. The summed E-state index contributed by atoms with van der Waals surface area (Å²) >= 11 is 0. The lowest BCUT2D eigenvalue weighted by Crippen LogP contribution is -2.61. The van der Waals surface area contributed by atoms with Gasteiger partial charge >= 0.3 is 11.9 Å². The molecule has 1 aliphatic heterocycles. The average Bonchev–Trinajstić information content (AvgIpc) is 2.05. The van der Waals surface area contributed by atoms with Crippen LogP contribution < -0.4 is 0 Å². The number of carbonyl (C=O) groups is 2. The maximum absolute atomic E-state index is 11.5. The fourth-order valence-corrected chi connectivity index (χ4v) is 1.41. The summed E-state index contributed by atoms with van der Waals surface area (Å²) in [7, 11) is 0. The highest BCUT2D eigenvalue weighted by molar-refractivity contribution is 5.76. The molecule has 0 aromatic carbocycles. The maximum Gasteiger partial charge on any atom is 0.307 e. The van der Waals surface area contributed by atoms with Gasteiger partial charge in [-0.25, -0.2) is 0 Å². The predicted molar refractivity (Wildman–Crippen MR) is 56.0 cm³/mol. The first-order valence-corrected chi connectivity index (χ1v) is 5.28. The van der Waals surface area contributed by atoms with Crippen LogP contribution >= 0.6 is 0 Å². The lowest BCUT2D eigenvalue weighted by Gasteiger charge is -2.49. The fourth-order valence-electron chi connectivity index (χ4n) is 1.41. The first-order chi connectivity index (χ1) is 7.27. The van der Waals surface area contributed by atoms with Crippen molar-refractivity contribution in [2.75, 3.05) is 13.2 Å². The minimum atomic E-state index is -0.994. The van der Waals surface area contributed by atoms with Crippen molar-refractivity contribution in [1.29, 1.82) is 0 Å². The molecule has 0 aromatic heterocycles. The Morgan fingerprint density at radius 3 is 2.19 bits per heavy atom. The third-order valence-corrected chi connectivity index (χ3v) is 2.89. The van der Waals surface area contributed by atoms with Crippen LogP contribution in [-0.4, -0.2) is 35.9 Å². The number of carboxylic acids is 1.